The average Bonchev–Trinajstić information content (AvgIpc) is 2.53. The van der Waals surface area contributed by atoms with E-state index in [1.54, 1.807) is 23.1 Å². The van der Waals surface area contributed by atoms with Crippen LogP contribution in [0.25, 0.3) is 0 Å². The molecule has 1 saturated heterocycles. The van der Waals surface area contributed by atoms with Crippen LogP contribution < -0.4 is 9.47 Å². The van der Waals surface area contributed by atoms with E-state index >= 15 is 0 Å². The Kier molecular flexibility index (Phi) is 3.68. The Morgan fingerprint density at radius 3 is 2.81 bits per heavy atom. The van der Waals surface area contributed by atoms with E-state index in [0.717, 1.165) is 5.71 Å². The molecule has 0 aliphatic carbocycles. The van der Waals surface area contributed by atoms with Crippen molar-refractivity contribution in [3.63, 3.8) is 0 Å². The lowest BCUT2D eigenvalue weighted by Gasteiger charge is -2.31. The normalized spacial score (nSPS) is 23.2. The lowest BCUT2D eigenvalue weighted by molar-refractivity contribution is 0.0733. The second-order valence-corrected chi connectivity index (χ2v) is 5.35. The first-order valence-corrected chi connectivity index (χ1v) is 7.09. The summed E-state index contributed by atoms with van der Waals surface area (Å²) in [6.07, 6.45) is 0.605. The summed E-state index contributed by atoms with van der Waals surface area (Å²) in [5.74, 6) is 1.34. The van der Waals surface area contributed by atoms with Crippen LogP contribution in [-0.4, -0.2) is 48.0 Å². The van der Waals surface area contributed by atoms with Crippen LogP contribution in [0, 0.1) is 5.92 Å². The number of carbonyl (C=O) groups is 1. The largest absolute Gasteiger partial charge is 0.486 e. The number of fused-ring (bicyclic) bond motifs is 1. The summed E-state index contributed by atoms with van der Waals surface area (Å²) >= 11 is 0. The third-order valence-electron chi connectivity index (χ3n) is 3.91. The molecule has 112 valence electrons. The number of nitrogens with zero attached hydrogens (tertiary/aromatic N) is 2. The van der Waals surface area contributed by atoms with Crippen LogP contribution in [0.4, 0.5) is 0 Å². The Balaban J connectivity index is 1.76. The molecule has 1 N–H and O–H groups in total. The van der Waals surface area contributed by atoms with Crippen molar-refractivity contribution in [1.82, 2.24) is 4.90 Å². The summed E-state index contributed by atoms with van der Waals surface area (Å²) in [5, 5.41) is 12.2. The lowest BCUT2D eigenvalue weighted by atomic mass is 9.97. The zero-order valence-electron chi connectivity index (χ0n) is 11.9. The van der Waals surface area contributed by atoms with Gasteiger partial charge >= 0.3 is 0 Å². The van der Waals surface area contributed by atoms with E-state index in [1.807, 2.05) is 6.92 Å². The van der Waals surface area contributed by atoms with E-state index in [1.165, 1.54) is 0 Å². The highest BCUT2D eigenvalue weighted by Gasteiger charge is 2.27. The molecule has 2 aliphatic rings. The van der Waals surface area contributed by atoms with Gasteiger partial charge in [0, 0.05) is 31.0 Å². The van der Waals surface area contributed by atoms with Gasteiger partial charge in [0.2, 0.25) is 0 Å². The number of likely N-dealkylation sites (tertiary alicyclic amines) is 1. The van der Waals surface area contributed by atoms with Crippen LogP contribution >= 0.6 is 0 Å². The van der Waals surface area contributed by atoms with Crippen LogP contribution in [0.1, 0.15) is 23.7 Å². The zero-order chi connectivity index (χ0) is 14.8. The molecule has 1 amide bonds. The number of amides is 1. The predicted octanol–water partition coefficient (Wildman–Crippen LogP) is 1.77. The summed E-state index contributed by atoms with van der Waals surface area (Å²) in [7, 11) is 0. The molecule has 0 bridgehead atoms. The Morgan fingerprint density at radius 2 is 2.10 bits per heavy atom. The van der Waals surface area contributed by atoms with Gasteiger partial charge < -0.3 is 19.6 Å². The van der Waals surface area contributed by atoms with Crippen molar-refractivity contribution in [2.75, 3.05) is 26.3 Å². The molecule has 0 saturated carbocycles. The van der Waals surface area contributed by atoms with Crippen LogP contribution in [0.2, 0.25) is 0 Å². The first kappa shape index (κ1) is 13.7. The van der Waals surface area contributed by atoms with Gasteiger partial charge in [-0.25, -0.2) is 0 Å². The van der Waals surface area contributed by atoms with Gasteiger partial charge in [0.15, 0.2) is 11.5 Å². The van der Waals surface area contributed by atoms with E-state index < -0.39 is 0 Å². The monoisotopic (exact) mass is 290 g/mol. The second kappa shape index (κ2) is 5.63. The maximum atomic E-state index is 12.6. The molecule has 21 heavy (non-hydrogen) atoms. The number of hydrogen-bond acceptors (Lipinski definition) is 5. The van der Waals surface area contributed by atoms with Crippen molar-refractivity contribution in [3.05, 3.63) is 23.8 Å². The highest BCUT2D eigenvalue weighted by atomic mass is 16.6. The number of benzene rings is 1. The van der Waals surface area contributed by atoms with E-state index in [0.29, 0.717) is 49.8 Å². The van der Waals surface area contributed by atoms with Crippen molar-refractivity contribution in [2.24, 2.45) is 11.1 Å². The smallest absolute Gasteiger partial charge is 0.254 e. The minimum Gasteiger partial charge on any atom is -0.486 e. The Hall–Kier alpha value is -2.24. The van der Waals surface area contributed by atoms with Crippen LogP contribution in [-0.2, 0) is 0 Å². The molecule has 2 heterocycles. The Bertz CT molecular complexity index is 585. The number of ether oxygens (including phenoxy) is 2. The number of piperidine rings is 1. The third-order valence-corrected chi connectivity index (χ3v) is 3.91. The molecule has 6 nitrogen and oxygen atoms in total. The van der Waals surface area contributed by atoms with Crippen LogP contribution in [0.5, 0.6) is 11.5 Å². The molecular formula is C15H18N2O4. The van der Waals surface area contributed by atoms with Crippen molar-refractivity contribution in [2.45, 2.75) is 13.3 Å². The molecular weight excluding hydrogens is 272 g/mol. The summed E-state index contributed by atoms with van der Waals surface area (Å²) in [6, 6.07) is 5.27. The van der Waals surface area contributed by atoms with Gasteiger partial charge in [-0.3, -0.25) is 4.79 Å². The average molecular weight is 290 g/mol. The molecule has 0 radical (unpaired) electrons. The minimum atomic E-state index is -0.0317. The molecule has 0 spiro atoms. The summed E-state index contributed by atoms with van der Waals surface area (Å²) in [5.41, 5.74) is 1.34. The van der Waals surface area contributed by atoms with E-state index in [2.05, 4.69) is 5.16 Å². The van der Waals surface area contributed by atoms with Gasteiger partial charge in [-0.1, -0.05) is 12.1 Å². The third kappa shape index (κ3) is 2.66. The molecule has 1 unspecified atom stereocenters. The van der Waals surface area contributed by atoms with E-state index in [-0.39, 0.29) is 11.8 Å². The fourth-order valence-corrected chi connectivity index (χ4v) is 2.72. The molecule has 1 aromatic carbocycles. The maximum absolute atomic E-state index is 12.6. The maximum Gasteiger partial charge on any atom is 0.254 e. The van der Waals surface area contributed by atoms with Crippen molar-refractivity contribution < 1.29 is 19.5 Å². The SMILES string of the molecule is CC1CN(C(=O)c2ccc3c(c2)OCCO3)CC/C1=N\O. The van der Waals surface area contributed by atoms with Gasteiger partial charge in [0.25, 0.3) is 5.91 Å². The number of hydrogen-bond donors (Lipinski definition) is 1. The quantitative estimate of drug-likeness (QED) is 0.632. The second-order valence-electron chi connectivity index (χ2n) is 5.35. The molecule has 6 heteroatoms. The summed E-state index contributed by atoms with van der Waals surface area (Å²) in [6.45, 7) is 4.12. The topological polar surface area (TPSA) is 71.4 Å². The predicted molar refractivity (Wildman–Crippen MR) is 76.3 cm³/mol. The van der Waals surface area contributed by atoms with Gasteiger partial charge in [-0.05, 0) is 18.2 Å². The number of rotatable bonds is 1. The number of carbonyl (C=O) groups excluding carboxylic acids is 1. The molecule has 1 fully saturated rings. The first-order chi connectivity index (χ1) is 10.2. The molecule has 3 rings (SSSR count). The highest BCUT2D eigenvalue weighted by molar-refractivity contribution is 5.97. The summed E-state index contributed by atoms with van der Waals surface area (Å²) in [4.78, 5) is 14.3. The van der Waals surface area contributed by atoms with E-state index in [4.69, 9.17) is 14.7 Å². The Morgan fingerprint density at radius 1 is 1.33 bits per heavy atom. The van der Waals surface area contributed by atoms with Gasteiger partial charge in [0.05, 0.1) is 5.71 Å². The molecule has 1 atom stereocenters. The molecule has 0 aromatic heterocycles. The standard InChI is InChI=1S/C15H18N2O4/c1-10-9-17(5-4-12(10)16-19)15(18)11-2-3-13-14(8-11)21-7-6-20-13/h2-3,8,10,19H,4-7,9H2,1H3/b16-12+. The van der Waals surface area contributed by atoms with Crippen molar-refractivity contribution in [3.8, 4) is 11.5 Å². The van der Waals surface area contributed by atoms with Crippen LogP contribution in [0.3, 0.4) is 0 Å². The fourth-order valence-electron chi connectivity index (χ4n) is 2.72. The zero-order valence-corrected chi connectivity index (χ0v) is 11.9. The summed E-state index contributed by atoms with van der Waals surface area (Å²) < 4.78 is 11.0. The van der Waals surface area contributed by atoms with E-state index in [9.17, 15) is 4.79 Å². The van der Waals surface area contributed by atoms with Gasteiger partial charge in [-0.15, -0.1) is 0 Å². The molecule has 2 aliphatic heterocycles. The number of oxime groups is 1. The van der Waals surface area contributed by atoms with Crippen molar-refractivity contribution >= 4 is 11.6 Å². The van der Waals surface area contributed by atoms with Crippen LogP contribution in [0.15, 0.2) is 23.4 Å². The highest BCUT2D eigenvalue weighted by Crippen LogP contribution is 2.31. The Labute approximate surface area is 122 Å². The van der Waals surface area contributed by atoms with Gasteiger partial charge in [0.1, 0.15) is 13.2 Å². The van der Waals surface area contributed by atoms with Gasteiger partial charge in [-0.2, -0.15) is 0 Å². The lowest BCUT2D eigenvalue weighted by Crippen LogP contribution is -2.43. The van der Waals surface area contributed by atoms with Crippen molar-refractivity contribution in [1.29, 1.82) is 0 Å². The molecule has 1 aromatic rings. The fraction of sp³-hybridized carbons (Fsp3) is 0.467. The minimum absolute atomic E-state index is 0.0317. The first-order valence-electron chi connectivity index (χ1n) is 7.09.